The summed E-state index contributed by atoms with van der Waals surface area (Å²) >= 11 is 0. The first-order chi connectivity index (χ1) is 18.3. The molecule has 4 aliphatic rings. The SMILES string of the molecule is C=C1CC(OC(=O)C(O)(CC)C(C)=O)C2C(=C)C(=O)OC2C2C(=C)C(OC3OC(CO)C(O)C(O)C3O)CC12. The van der Waals surface area contributed by atoms with Crippen LogP contribution in [-0.2, 0) is 33.3 Å². The molecule has 2 saturated heterocycles. The van der Waals surface area contributed by atoms with Crippen LogP contribution in [0.25, 0.3) is 0 Å². The maximum absolute atomic E-state index is 12.9. The van der Waals surface area contributed by atoms with Gasteiger partial charge in [-0.1, -0.05) is 32.2 Å². The van der Waals surface area contributed by atoms with Crippen LogP contribution in [0.1, 0.15) is 33.1 Å². The number of ketones is 1. The van der Waals surface area contributed by atoms with Gasteiger partial charge in [-0.05, 0) is 31.3 Å². The zero-order valence-corrected chi connectivity index (χ0v) is 21.9. The fraction of sp³-hybridized carbons (Fsp3) is 0.667. The van der Waals surface area contributed by atoms with E-state index in [1.807, 2.05) is 0 Å². The Bertz CT molecular complexity index is 1070. The topological polar surface area (TPSA) is 189 Å². The summed E-state index contributed by atoms with van der Waals surface area (Å²) in [5.74, 6) is -4.29. The first-order valence-corrected chi connectivity index (χ1v) is 12.9. The summed E-state index contributed by atoms with van der Waals surface area (Å²) in [6, 6.07) is 0. The second-order valence-corrected chi connectivity index (χ2v) is 10.8. The summed E-state index contributed by atoms with van der Waals surface area (Å²) in [6.45, 7) is 14.1. The van der Waals surface area contributed by atoms with Crippen molar-refractivity contribution in [2.75, 3.05) is 6.61 Å². The molecule has 216 valence electrons. The highest BCUT2D eigenvalue weighted by atomic mass is 16.7. The molecule has 0 aromatic heterocycles. The van der Waals surface area contributed by atoms with Crippen molar-refractivity contribution in [1.29, 1.82) is 0 Å². The van der Waals surface area contributed by atoms with Crippen molar-refractivity contribution >= 4 is 17.7 Å². The molecule has 12 atom stereocenters. The second kappa shape index (κ2) is 10.8. The smallest absolute Gasteiger partial charge is 0.346 e. The molecular weight excluding hydrogens is 516 g/mol. The van der Waals surface area contributed by atoms with Crippen molar-refractivity contribution in [3.63, 3.8) is 0 Å². The quantitative estimate of drug-likeness (QED) is 0.113. The zero-order chi connectivity index (χ0) is 29.0. The minimum absolute atomic E-state index is 0.0696. The number of hydrogen-bond acceptors (Lipinski definition) is 12. The summed E-state index contributed by atoms with van der Waals surface area (Å²) < 4.78 is 22.8. The van der Waals surface area contributed by atoms with Crippen molar-refractivity contribution in [2.24, 2.45) is 17.8 Å². The third kappa shape index (κ3) is 4.88. The number of carbonyl (C=O) groups excluding carboxylic acids is 3. The van der Waals surface area contributed by atoms with Crippen molar-refractivity contribution in [3.05, 3.63) is 36.5 Å². The van der Waals surface area contributed by atoms with Crippen LogP contribution < -0.4 is 0 Å². The number of carbonyl (C=O) groups is 3. The highest BCUT2D eigenvalue weighted by Gasteiger charge is 2.58. The molecule has 0 bridgehead atoms. The van der Waals surface area contributed by atoms with Gasteiger partial charge in [0.05, 0.1) is 18.6 Å². The highest BCUT2D eigenvalue weighted by Crippen LogP contribution is 2.53. The van der Waals surface area contributed by atoms with E-state index in [2.05, 4.69) is 19.7 Å². The monoisotopic (exact) mass is 552 g/mol. The van der Waals surface area contributed by atoms with Gasteiger partial charge in [0.15, 0.2) is 12.1 Å². The van der Waals surface area contributed by atoms with Gasteiger partial charge in [0.2, 0.25) is 5.60 Å². The molecule has 2 aliphatic carbocycles. The minimum Gasteiger partial charge on any atom is -0.459 e. The second-order valence-electron chi connectivity index (χ2n) is 10.8. The Balaban J connectivity index is 1.58. The summed E-state index contributed by atoms with van der Waals surface area (Å²) in [5, 5.41) is 50.7. The molecule has 0 amide bonds. The lowest BCUT2D eigenvalue weighted by Crippen LogP contribution is -2.59. The van der Waals surface area contributed by atoms with Crippen LogP contribution in [0.15, 0.2) is 36.5 Å². The molecule has 39 heavy (non-hydrogen) atoms. The predicted octanol–water partition coefficient (Wildman–Crippen LogP) is -0.937. The Morgan fingerprint density at radius 2 is 1.77 bits per heavy atom. The summed E-state index contributed by atoms with van der Waals surface area (Å²) in [5.41, 5.74) is -1.16. The molecule has 12 nitrogen and oxygen atoms in total. The van der Waals surface area contributed by atoms with Gasteiger partial charge >= 0.3 is 11.9 Å². The molecule has 0 aromatic carbocycles. The van der Waals surface area contributed by atoms with E-state index in [4.69, 9.17) is 18.9 Å². The molecule has 4 rings (SSSR count). The molecule has 2 saturated carbocycles. The van der Waals surface area contributed by atoms with Crippen LogP contribution in [0.3, 0.4) is 0 Å². The van der Waals surface area contributed by atoms with Crippen molar-refractivity contribution < 1.29 is 58.9 Å². The Labute approximate surface area is 225 Å². The summed E-state index contributed by atoms with van der Waals surface area (Å²) in [6.07, 6.45) is -9.74. The fourth-order valence-electron chi connectivity index (χ4n) is 6.11. The molecular formula is C27H36O12. The van der Waals surface area contributed by atoms with E-state index in [9.17, 15) is 39.9 Å². The van der Waals surface area contributed by atoms with Crippen molar-refractivity contribution in [3.8, 4) is 0 Å². The third-order valence-corrected chi connectivity index (χ3v) is 8.58. The molecule has 5 N–H and O–H groups in total. The van der Waals surface area contributed by atoms with Gasteiger partial charge in [0.25, 0.3) is 0 Å². The highest BCUT2D eigenvalue weighted by molar-refractivity contribution is 6.05. The molecule has 12 unspecified atom stereocenters. The molecule has 0 spiro atoms. The van der Waals surface area contributed by atoms with Crippen molar-refractivity contribution in [2.45, 2.75) is 87.7 Å². The van der Waals surface area contributed by atoms with Gasteiger partial charge in [0.1, 0.15) is 36.6 Å². The Hall–Kier alpha value is -2.45. The number of ether oxygens (including phenoxy) is 4. The van der Waals surface area contributed by atoms with E-state index in [1.165, 1.54) is 6.92 Å². The Kier molecular flexibility index (Phi) is 8.21. The van der Waals surface area contributed by atoms with E-state index in [0.717, 1.165) is 6.92 Å². The number of aliphatic hydroxyl groups is 5. The molecule has 0 radical (unpaired) electrons. The largest absolute Gasteiger partial charge is 0.459 e. The van der Waals surface area contributed by atoms with E-state index in [-0.39, 0.29) is 30.8 Å². The van der Waals surface area contributed by atoms with Gasteiger partial charge in [-0.2, -0.15) is 0 Å². The van der Waals surface area contributed by atoms with Gasteiger partial charge in [-0.15, -0.1) is 0 Å². The number of aliphatic hydroxyl groups excluding tert-OH is 4. The average Bonchev–Trinajstić information content (AvgIpc) is 3.34. The zero-order valence-electron chi connectivity index (χ0n) is 21.9. The van der Waals surface area contributed by atoms with E-state index in [1.54, 1.807) is 0 Å². The number of hydrogen-bond donors (Lipinski definition) is 5. The normalized spacial score (nSPS) is 41.8. The molecule has 2 aliphatic heterocycles. The van der Waals surface area contributed by atoms with E-state index >= 15 is 0 Å². The number of fused-ring (bicyclic) bond motifs is 3. The molecule has 2 heterocycles. The number of Topliss-reactive ketones (excluding diaryl/α,β-unsaturated/α-hetero) is 1. The van der Waals surface area contributed by atoms with Gasteiger partial charge in [-0.3, -0.25) is 4.79 Å². The standard InChI is InChI=1S/C27H36O12/c1-6-27(35,13(5)29)26(34)38-16-7-10(2)14-8-15(11(3)18(14)23-19(16)12(4)24(33)39-23)36-25-22(32)21(31)20(30)17(9-28)37-25/h14-23,25,28,30-32,35H,2-4,6-9H2,1,5H3. The van der Waals surface area contributed by atoms with Gasteiger partial charge in [-0.25, -0.2) is 9.59 Å². The lowest BCUT2D eigenvalue weighted by molar-refractivity contribution is -0.308. The van der Waals surface area contributed by atoms with Gasteiger partial charge < -0.3 is 44.5 Å². The number of rotatable bonds is 7. The molecule has 0 aromatic rings. The van der Waals surface area contributed by atoms with Crippen LogP contribution in [0.5, 0.6) is 0 Å². The van der Waals surface area contributed by atoms with Crippen molar-refractivity contribution in [1.82, 2.24) is 0 Å². The Morgan fingerprint density at radius 3 is 2.36 bits per heavy atom. The molecule has 12 heteroatoms. The van der Waals surface area contributed by atoms with Crippen LogP contribution in [-0.4, -0.2) is 104 Å². The first kappa shape index (κ1) is 29.5. The predicted molar refractivity (Wildman–Crippen MR) is 131 cm³/mol. The average molecular weight is 553 g/mol. The van der Waals surface area contributed by atoms with E-state index in [0.29, 0.717) is 11.1 Å². The van der Waals surface area contributed by atoms with Gasteiger partial charge in [0, 0.05) is 17.9 Å². The fourth-order valence-corrected chi connectivity index (χ4v) is 6.11. The third-order valence-electron chi connectivity index (χ3n) is 8.58. The van der Waals surface area contributed by atoms with Crippen LogP contribution in [0.4, 0.5) is 0 Å². The summed E-state index contributed by atoms with van der Waals surface area (Å²) in [7, 11) is 0. The van der Waals surface area contributed by atoms with Crippen LogP contribution in [0, 0.1) is 17.8 Å². The maximum atomic E-state index is 12.9. The summed E-state index contributed by atoms with van der Waals surface area (Å²) in [4.78, 5) is 37.5. The van der Waals surface area contributed by atoms with E-state index < -0.39 is 90.8 Å². The minimum atomic E-state index is -2.34. The number of esters is 2. The molecule has 4 fully saturated rings. The first-order valence-electron chi connectivity index (χ1n) is 12.9. The van der Waals surface area contributed by atoms with Crippen LogP contribution in [0.2, 0.25) is 0 Å². The Morgan fingerprint density at radius 1 is 1.10 bits per heavy atom. The lowest BCUT2D eigenvalue weighted by Gasteiger charge is -2.40. The lowest BCUT2D eigenvalue weighted by atomic mass is 9.81. The van der Waals surface area contributed by atoms with Crippen LogP contribution >= 0.6 is 0 Å². The maximum Gasteiger partial charge on any atom is 0.346 e.